The first-order valence-electron chi connectivity index (χ1n) is 13.3. The maximum atomic E-state index is 13.7. The fraction of sp³-hybridized carbons (Fsp3) is 0.308. The largest absolute Gasteiger partial charge is 0.453 e. The summed E-state index contributed by atoms with van der Waals surface area (Å²) in [6.45, 7) is 0.419. The molecule has 0 atom stereocenters. The summed E-state index contributed by atoms with van der Waals surface area (Å²) >= 11 is 5.20. The standard InChI is InChI=1S/C26H22F8N10OS/c27-19-5-1-17(2-6-19)13-35-43-21(25(29,30)31)37-41(23(43)45)15-39-9-11-40(12-10-39)16-42-24(46)44(22(38-42)26(32,33)34)36-14-18-3-7-20(28)8-4-18/h1-8,13-14H,9-12,15-16H2. The van der Waals surface area contributed by atoms with Crippen molar-refractivity contribution >= 4 is 24.6 Å². The molecule has 244 valence electrons. The highest BCUT2D eigenvalue weighted by Crippen LogP contribution is 2.29. The van der Waals surface area contributed by atoms with Crippen molar-refractivity contribution in [1.29, 1.82) is 0 Å². The molecule has 4 aromatic rings. The van der Waals surface area contributed by atoms with Crippen molar-refractivity contribution in [2.75, 3.05) is 26.2 Å². The van der Waals surface area contributed by atoms with Gasteiger partial charge in [-0.25, -0.2) is 18.3 Å². The minimum Gasteiger partial charge on any atom is -0.282 e. The highest BCUT2D eigenvalue weighted by atomic mass is 32.1. The fourth-order valence-corrected chi connectivity index (χ4v) is 4.57. The molecule has 0 amide bonds. The molecular weight excluding hydrogens is 652 g/mol. The summed E-state index contributed by atoms with van der Waals surface area (Å²) < 4.78 is 110. The Morgan fingerprint density at radius 1 is 0.674 bits per heavy atom. The average Bonchev–Trinajstić information content (AvgIpc) is 3.49. The zero-order valence-corrected chi connectivity index (χ0v) is 24.1. The number of hydrogen-bond acceptors (Lipinski definition) is 8. The predicted molar refractivity (Wildman–Crippen MR) is 149 cm³/mol. The molecule has 2 aromatic heterocycles. The van der Waals surface area contributed by atoms with Gasteiger partial charge in [0.15, 0.2) is 0 Å². The predicted octanol–water partition coefficient (Wildman–Crippen LogP) is 4.09. The average molecular weight is 675 g/mol. The van der Waals surface area contributed by atoms with Crippen LogP contribution in [0, 0.1) is 16.4 Å². The summed E-state index contributed by atoms with van der Waals surface area (Å²) in [6.07, 6.45) is -7.86. The third kappa shape index (κ3) is 7.62. The van der Waals surface area contributed by atoms with Crippen LogP contribution in [0.4, 0.5) is 35.1 Å². The second-order valence-electron chi connectivity index (χ2n) is 9.94. The molecule has 0 aliphatic carbocycles. The van der Waals surface area contributed by atoms with Gasteiger partial charge in [-0.3, -0.25) is 9.80 Å². The molecule has 1 saturated heterocycles. The minimum atomic E-state index is -5.01. The second-order valence-corrected chi connectivity index (χ2v) is 10.3. The first kappa shape index (κ1) is 32.8. The second kappa shape index (κ2) is 13.0. The summed E-state index contributed by atoms with van der Waals surface area (Å²) in [5, 5.41) is 14.4. The van der Waals surface area contributed by atoms with Gasteiger partial charge >= 0.3 is 18.0 Å². The number of alkyl halides is 6. The van der Waals surface area contributed by atoms with E-state index in [0.29, 0.717) is 14.9 Å². The van der Waals surface area contributed by atoms with Crippen LogP contribution in [0.5, 0.6) is 0 Å². The van der Waals surface area contributed by atoms with Crippen LogP contribution in [0.2, 0.25) is 0 Å². The third-order valence-electron chi connectivity index (χ3n) is 6.66. The molecule has 1 aliphatic heterocycles. The molecule has 1 fully saturated rings. The Bertz CT molecular complexity index is 1710. The molecular formula is C26H22F8N10OS. The summed E-state index contributed by atoms with van der Waals surface area (Å²) in [7, 11) is 0. The van der Waals surface area contributed by atoms with Crippen LogP contribution >= 0.6 is 12.2 Å². The topological polar surface area (TPSA) is 93.8 Å². The maximum Gasteiger partial charge on any atom is 0.453 e. The number of hydrogen-bond donors (Lipinski definition) is 0. The Kier molecular flexibility index (Phi) is 9.31. The van der Waals surface area contributed by atoms with Crippen molar-refractivity contribution in [1.82, 2.24) is 38.7 Å². The SMILES string of the molecule is O=c1n(CN2CCN(Cn3nc(C(F)(F)F)n(N=Cc4ccc(F)cc4)c3=S)CC2)nc(C(F)(F)F)n1N=Cc1ccc(F)cc1. The Morgan fingerprint density at radius 2 is 1.07 bits per heavy atom. The summed E-state index contributed by atoms with van der Waals surface area (Å²) in [4.78, 5) is 16.2. The lowest BCUT2D eigenvalue weighted by Crippen LogP contribution is -2.48. The van der Waals surface area contributed by atoms with Gasteiger partial charge in [0.2, 0.25) is 4.77 Å². The molecule has 11 nitrogen and oxygen atoms in total. The highest BCUT2D eigenvalue weighted by Gasteiger charge is 2.40. The van der Waals surface area contributed by atoms with E-state index in [-0.39, 0.29) is 54.5 Å². The molecule has 0 spiro atoms. The maximum absolute atomic E-state index is 13.7. The van der Waals surface area contributed by atoms with Gasteiger partial charge in [0.25, 0.3) is 11.6 Å². The molecule has 0 radical (unpaired) electrons. The van der Waals surface area contributed by atoms with Crippen molar-refractivity contribution in [3.05, 3.63) is 98.2 Å². The van der Waals surface area contributed by atoms with Gasteiger partial charge in [-0.15, -0.1) is 10.2 Å². The van der Waals surface area contributed by atoms with E-state index in [1.807, 2.05) is 0 Å². The fourth-order valence-electron chi connectivity index (χ4n) is 4.34. The molecule has 5 rings (SSSR count). The normalized spacial score (nSPS) is 15.5. The van der Waals surface area contributed by atoms with Crippen molar-refractivity contribution in [2.24, 2.45) is 10.2 Å². The van der Waals surface area contributed by atoms with Gasteiger partial charge < -0.3 is 0 Å². The van der Waals surface area contributed by atoms with Crippen LogP contribution in [-0.4, -0.2) is 77.3 Å². The smallest absolute Gasteiger partial charge is 0.282 e. The number of piperazine rings is 1. The van der Waals surface area contributed by atoms with E-state index in [1.165, 1.54) is 24.3 Å². The van der Waals surface area contributed by atoms with Crippen LogP contribution < -0.4 is 5.69 Å². The van der Waals surface area contributed by atoms with Crippen molar-refractivity contribution in [3.8, 4) is 0 Å². The summed E-state index contributed by atoms with van der Waals surface area (Å²) in [6, 6.07) is 9.58. The lowest BCUT2D eigenvalue weighted by Gasteiger charge is -2.33. The number of rotatable bonds is 8. The first-order chi connectivity index (χ1) is 21.7. The number of halogens is 8. The Labute approximate surface area is 258 Å². The quantitative estimate of drug-likeness (QED) is 0.159. The molecule has 0 bridgehead atoms. The lowest BCUT2D eigenvalue weighted by molar-refractivity contribution is -0.148. The van der Waals surface area contributed by atoms with Crippen LogP contribution in [0.1, 0.15) is 22.8 Å². The van der Waals surface area contributed by atoms with Crippen molar-refractivity contribution < 1.29 is 35.1 Å². The molecule has 0 saturated carbocycles. The van der Waals surface area contributed by atoms with E-state index in [0.717, 1.165) is 41.4 Å². The molecule has 0 N–H and O–H groups in total. The van der Waals surface area contributed by atoms with Gasteiger partial charge in [-0.05, 0) is 47.6 Å². The van der Waals surface area contributed by atoms with E-state index in [9.17, 15) is 39.9 Å². The van der Waals surface area contributed by atoms with E-state index < -0.39 is 41.3 Å². The van der Waals surface area contributed by atoms with Gasteiger partial charge in [-0.1, -0.05) is 24.3 Å². The van der Waals surface area contributed by atoms with E-state index in [2.05, 4.69) is 20.4 Å². The van der Waals surface area contributed by atoms with Gasteiger partial charge in [0, 0.05) is 26.2 Å². The van der Waals surface area contributed by atoms with Gasteiger partial charge in [-0.2, -0.15) is 50.6 Å². The van der Waals surface area contributed by atoms with Crippen LogP contribution in [0.25, 0.3) is 0 Å². The van der Waals surface area contributed by atoms with Gasteiger partial charge in [0.05, 0.1) is 25.8 Å². The minimum absolute atomic E-state index is 0.106. The van der Waals surface area contributed by atoms with Crippen molar-refractivity contribution in [3.63, 3.8) is 0 Å². The summed E-state index contributed by atoms with van der Waals surface area (Å²) in [5.74, 6) is -4.01. The zero-order chi connectivity index (χ0) is 33.2. The molecule has 20 heteroatoms. The van der Waals surface area contributed by atoms with Crippen LogP contribution in [0.3, 0.4) is 0 Å². The molecule has 46 heavy (non-hydrogen) atoms. The molecule has 0 unspecified atom stereocenters. The third-order valence-corrected chi connectivity index (χ3v) is 7.04. The van der Waals surface area contributed by atoms with E-state index >= 15 is 0 Å². The van der Waals surface area contributed by atoms with Crippen LogP contribution in [-0.2, 0) is 25.7 Å². The van der Waals surface area contributed by atoms with E-state index in [1.54, 1.807) is 9.80 Å². The lowest BCUT2D eigenvalue weighted by atomic mass is 10.2. The van der Waals surface area contributed by atoms with Crippen molar-refractivity contribution in [2.45, 2.75) is 25.7 Å². The Balaban J connectivity index is 1.27. The number of benzene rings is 2. The monoisotopic (exact) mass is 674 g/mol. The van der Waals surface area contributed by atoms with Crippen LogP contribution in [0.15, 0.2) is 63.5 Å². The Morgan fingerprint density at radius 3 is 1.52 bits per heavy atom. The van der Waals surface area contributed by atoms with E-state index in [4.69, 9.17) is 12.2 Å². The number of aromatic nitrogens is 6. The molecule has 1 aliphatic rings. The number of nitrogens with zero attached hydrogens (tertiary/aromatic N) is 10. The molecule has 3 heterocycles. The highest BCUT2D eigenvalue weighted by molar-refractivity contribution is 7.71. The first-order valence-corrected chi connectivity index (χ1v) is 13.7. The Hall–Kier alpha value is -4.56. The zero-order valence-electron chi connectivity index (χ0n) is 23.3. The summed E-state index contributed by atoms with van der Waals surface area (Å²) in [5.41, 5.74) is -0.589. The van der Waals surface area contributed by atoms with Gasteiger partial charge in [0.1, 0.15) is 11.6 Å². The molecule has 2 aromatic carbocycles.